The third-order valence-electron chi connectivity index (χ3n) is 3.71. The van der Waals surface area contributed by atoms with Crippen molar-refractivity contribution in [3.05, 3.63) is 65.2 Å². The molecule has 0 aliphatic rings. The minimum absolute atomic E-state index is 0.0978. The highest BCUT2D eigenvalue weighted by Crippen LogP contribution is 2.31. The van der Waals surface area contributed by atoms with Crippen LogP contribution < -0.4 is 5.32 Å². The summed E-state index contributed by atoms with van der Waals surface area (Å²) in [4.78, 5) is 17.6. The SMILES string of the molecule is CSc1cccc(NC(=O)Cc2csc(-c3ccc(C(F)(F)F)cc3)n2)c1. The molecule has 1 amide bonds. The van der Waals surface area contributed by atoms with Crippen molar-refractivity contribution in [2.24, 2.45) is 0 Å². The Morgan fingerprint density at radius 3 is 2.59 bits per heavy atom. The van der Waals surface area contributed by atoms with Crippen LogP contribution in [0.1, 0.15) is 11.3 Å². The largest absolute Gasteiger partial charge is 0.416 e. The van der Waals surface area contributed by atoms with Crippen LogP contribution in [0.3, 0.4) is 0 Å². The summed E-state index contributed by atoms with van der Waals surface area (Å²) in [6.45, 7) is 0. The van der Waals surface area contributed by atoms with Crippen LogP contribution in [0.25, 0.3) is 10.6 Å². The highest BCUT2D eigenvalue weighted by atomic mass is 32.2. The second-order valence-electron chi connectivity index (χ2n) is 5.68. The molecule has 27 heavy (non-hydrogen) atoms. The number of thiazole rings is 1. The van der Waals surface area contributed by atoms with Gasteiger partial charge < -0.3 is 5.32 Å². The minimum atomic E-state index is -4.36. The molecule has 0 saturated carbocycles. The van der Waals surface area contributed by atoms with Crippen molar-refractivity contribution in [2.75, 3.05) is 11.6 Å². The van der Waals surface area contributed by atoms with Gasteiger partial charge in [-0.15, -0.1) is 23.1 Å². The van der Waals surface area contributed by atoms with E-state index in [-0.39, 0.29) is 12.3 Å². The molecule has 2 aromatic carbocycles. The van der Waals surface area contributed by atoms with Crippen LogP contribution in [0.4, 0.5) is 18.9 Å². The number of halogens is 3. The van der Waals surface area contributed by atoms with Crippen molar-refractivity contribution in [1.29, 1.82) is 0 Å². The number of carbonyl (C=O) groups is 1. The number of amides is 1. The number of nitrogens with one attached hydrogen (secondary N) is 1. The zero-order valence-electron chi connectivity index (χ0n) is 14.2. The number of thioether (sulfide) groups is 1. The Bertz CT molecular complexity index is 937. The van der Waals surface area contributed by atoms with E-state index >= 15 is 0 Å². The summed E-state index contributed by atoms with van der Waals surface area (Å²) in [5.41, 5.74) is 1.18. The summed E-state index contributed by atoms with van der Waals surface area (Å²) in [7, 11) is 0. The number of nitrogens with zero attached hydrogens (tertiary/aromatic N) is 1. The highest BCUT2D eigenvalue weighted by molar-refractivity contribution is 7.98. The van der Waals surface area contributed by atoms with Crippen molar-refractivity contribution in [1.82, 2.24) is 4.98 Å². The van der Waals surface area contributed by atoms with Crippen molar-refractivity contribution in [3.8, 4) is 10.6 Å². The maximum Gasteiger partial charge on any atom is 0.416 e. The van der Waals surface area contributed by atoms with Gasteiger partial charge in [0, 0.05) is 21.5 Å². The first kappa shape index (κ1) is 19.4. The van der Waals surface area contributed by atoms with Crippen LogP contribution in [0.5, 0.6) is 0 Å². The average molecular weight is 408 g/mol. The Labute approximate surface area is 162 Å². The van der Waals surface area contributed by atoms with Crippen LogP contribution >= 0.6 is 23.1 Å². The van der Waals surface area contributed by atoms with Gasteiger partial charge in [0.05, 0.1) is 17.7 Å². The second kappa shape index (κ2) is 8.14. The van der Waals surface area contributed by atoms with E-state index in [2.05, 4.69) is 10.3 Å². The third kappa shape index (κ3) is 5.11. The maximum absolute atomic E-state index is 12.6. The molecular formula is C19H15F3N2OS2. The molecule has 3 rings (SSSR count). The summed E-state index contributed by atoms with van der Waals surface area (Å²) in [5, 5.41) is 5.15. The number of anilines is 1. The van der Waals surface area contributed by atoms with E-state index in [9.17, 15) is 18.0 Å². The lowest BCUT2D eigenvalue weighted by atomic mass is 10.1. The van der Waals surface area contributed by atoms with Crippen LogP contribution in [-0.2, 0) is 17.4 Å². The van der Waals surface area contributed by atoms with Gasteiger partial charge in [-0.1, -0.05) is 18.2 Å². The second-order valence-corrected chi connectivity index (χ2v) is 7.41. The molecular weight excluding hydrogens is 393 g/mol. The van der Waals surface area contributed by atoms with Gasteiger partial charge in [0.1, 0.15) is 5.01 Å². The Balaban J connectivity index is 1.66. The molecule has 1 aromatic heterocycles. The first-order valence-electron chi connectivity index (χ1n) is 7.91. The van der Waals surface area contributed by atoms with E-state index in [1.54, 1.807) is 17.1 Å². The lowest BCUT2D eigenvalue weighted by Gasteiger charge is -2.06. The summed E-state index contributed by atoms with van der Waals surface area (Å²) >= 11 is 2.88. The molecule has 0 saturated heterocycles. The molecule has 3 aromatic rings. The lowest BCUT2D eigenvalue weighted by molar-refractivity contribution is -0.137. The number of hydrogen-bond donors (Lipinski definition) is 1. The Morgan fingerprint density at radius 1 is 1.19 bits per heavy atom. The minimum Gasteiger partial charge on any atom is -0.326 e. The monoisotopic (exact) mass is 408 g/mol. The zero-order chi connectivity index (χ0) is 19.4. The van der Waals surface area contributed by atoms with Crippen molar-refractivity contribution < 1.29 is 18.0 Å². The summed E-state index contributed by atoms with van der Waals surface area (Å²) in [6.07, 6.45) is -2.31. The van der Waals surface area contributed by atoms with E-state index in [0.717, 1.165) is 17.0 Å². The van der Waals surface area contributed by atoms with Crippen molar-refractivity contribution >= 4 is 34.7 Å². The van der Waals surface area contributed by atoms with Gasteiger partial charge >= 0.3 is 6.18 Å². The molecule has 1 heterocycles. The molecule has 8 heteroatoms. The van der Waals surface area contributed by atoms with Crippen molar-refractivity contribution in [3.63, 3.8) is 0 Å². The zero-order valence-corrected chi connectivity index (χ0v) is 15.8. The van der Waals surface area contributed by atoms with Crippen molar-refractivity contribution in [2.45, 2.75) is 17.5 Å². The normalized spacial score (nSPS) is 11.4. The summed E-state index contributed by atoms with van der Waals surface area (Å²) < 4.78 is 37.9. The van der Waals surface area contributed by atoms with Gasteiger partial charge in [0.25, 0.3) is 0 Å². The van der Waals surface area contributed by atoms with Crippen LogP contribution in [0, 0.1) is 0 Å². The Hall–Kier alpha value is -2.32. The molecule has 1 N–H and O–H groups in total. The van der Waals surface area contributed by atoms with Gasteiger partial charge in [-0.2, -0.15) is 13.2 Å². The molecule has 140 valence electrons. The molecule has 0 fully saturated rings. The highest BCUT2D eigenvalue weighted by Gasteiger charge is 2.30. The van der Waals surface area contributed by atoms with E-state index in [1.165, 1.54) is 23.5 Å². The fourth-order valence-electron chi connectivity index (χ4n) is 2.39. The summed E-state index contributed by atoms with van der Waals surface area (Å²) in [6, 6.07) is 12.4. The van der Waals surface area contributed by atoms with Gasteiger partial charge in [-0.3, -0.25) is 4.79 Å². The van der Waals surface area contributed by atoms with Gasteiger partial charge in [0.15, 0.2) is 0 Å². The molecule has 0 aliphatic carbocycles. The number of alkyl halides is 3. The number of benzene rings is 2. The standard InChI is InChI=1S/C19H15F3N2OS2/c1-26-16-4-2-3-14(9-16)23-17(25)10-15-11-27-18(24-15)12-5-7-13(8-6-12)19(20,21)22/h2-9,11H,10H2,1H3,(H,23,25). The van der Waals surface area contributed by atoms with Crippen LogP contribution in [-0.4, -0.2) is 17.1 Å². The lowest BCUT2D eigenvalue weighted by Crippen LogP contribution is -2.14. The van der Waals surface area contributed by atoms with E-state index in [1.807, 2.05) is 30.5 Å². The smallest absolute Gasteiger partial charge is 0.326 e. The number of carbonyl (C=O) groups excluding carboxylic acids is 1. The first-order chi connectivity index (χ1) is 12.8. The predicted molar refractivity (Wildman–Crippen MR) is 103 cm³/mol. The first-order valence-corrected chi connectivity index (χ1v) is 10.0. The quantitative estimate of drug-likeness (QED) is 0.548. The Kier molecular flexibility index (Phi) is 5.86. The van der Waals surface area contributed by atoms with Gasteiger partial charge in [0.2, 0.25) is 5.91 Å². The number of hydrogen-bond acceptors (Lipinski definition) is 4. The van der Waals surface area contributed by atoms with Crippen LogP contribution in [0.15, 0.2) is 58.8 Å². The van der Waals surface area contributed by atoms with E-state index < -0.39 is 11.7 Å². The van der Waals surface area contributed by atoms with E-state index in [0.29, 0.717) is 22.0 Å². The predicted octanol–water partition coefficient (Wildman–Crippen LogP) is 5.73. The van der Waals surface area contributed by atoms with E-state index in [4.69, 9.17) is 0 Å². The van der Waals surface area contributed by atoms with Gasteiger partial charge in [-0.25, -0.2) is 4.98 Å². The molecule has 0 atom stereocenters. The fraction of sp³-hybridized carbons (Fsp3) is 0.158. The number of aromatic nitrogens is 1. The summed E-state index contributed by atoms with van der Waals surface area (Å²) in [5.74, 6) is -0.197. The molecule has 0 aliphatic heterocycles. The average Bonchev–Trinajstić information content (AvgIpc) is 3.09. The maximum atomic E-state index is 12.6. The molecule has 0 unspecified atom stereocenters. The molecule has 0 spiro atoms. The van der Waals surface area contributed by atoms with Gasteiger partial charge in [-0.05, 0) is 36.6 Å². The topological polar surface area (TPSA) is 42.0 Å². The fourth-order valence-corrected chi connectivity index (χ4v) is 3.68. The molecule has 3 nitrogen and oxygen atoms in total. The molecule has 0 radical (unpaired) electrons. The number of rotatable bonds is 5. The Morgan fingerprint density at radius 2 is 1.93 bits per heavy atom. The third-order valence-corrected chi connectivity index (χ3v) is 5.37. The molecule has 0 bridgehead atoms. The van der Waals surface area contributed by atoms with Crippen LogP contribution in [0.2, 0.25) is 0 Å².